The molecule has 0 saturated carbocycles. The average molecular weight is 485 g/mol. The molecule has 1 saturated heterocycles. The van der Waals surface area contributed by atoms with Crippen molar-refractivity contribution in [1.82, 2.24) is 19.0 Å². The second-order valence-corrected chi connectivity index (χ2v) is 10.9. The fraction of sp³-hybridized carbons (Fsp3) is 0.440. The van der Waals surface area contributed by atoms with Crippen LogP contribution in [0.25, 0.3) is 0 Å². The van der Waals surface area contributed by atoms with Gasteiger partial charge in [-0.25, -0.2) is 8.42 Å². The highest BCUT2D eigenvalue weighted by Gasteiger charge is 2.33. The molecule has 3 heterocycles. The lowest BCUT2D eigenvalue weighted by Crippen LogP contribution is -2.38. The van der Waals surface area contributed by atoms with E-state index < -0.39 is 10.0 Å². The molecule has 0 N–H and O–H groups in total. The van der Waals surface area contributed by atoms with Crippen LogP contribution in [0.4, 0.5) is 0 Å². The molecule has 0 aliphatic carbocycles. The Morgan fingerprint density at radius 2 is 1.79 bits per heavy atom. The van der Waals surface area contributed by atoms with Crippen molar-refractivity contribution < 1.29 is 17.6 Å². The summed E-state index contributed by atoms with van der Waals surface area (Å²) in [6.07, 6.45) is 3.29. The van der Waals surface area contributed by atoms with Crippen LogP contribution in [0.15, 0.2) is 58.0 Å². The average Bonchev–Trinajstić information content (AvgIpc) is 3.42. The zero-order valence-corrected chi connectivity index (χ0v) is 20.8. The summed E-state index contributed by atoms with van der Waals surface area (Å²) < 4.78 is 35.3. The van der Waals surface area contributed by atoms with Crippen LogP contribution in [0.3, 0.4) is 0 Å². The maximum absolute atomic E-state index is 13.4. The van der Waals surface area contributed by atoms with Crippen LogP contribution in [0.5, 0.6) is 0 Å². The predicted octanol–water partition coefficient (Wildman–Crippen LogP) is 3.74. The highest BCUT2D eigenvalue weighted by Crippen LogP contribution is 2.27. The first-order chi connectivity index (χ1) is 16.3. The Morgan fingerprint density at radius 3 is 2.44 bits per heavy atom. The molecule has 34 heavy (non-hydrogen) atoms. The number of piperidine rings is 1. The number of carbonyl (C=O) groups is 1. The number of furan rings is 1. The van der Waals surface area contributed by atoms with E-state index in [9.17, 15) is 13.2 Å². The summed E-state index contributed by atoms with van der Waals surface area (Å²) in [7, 11) is -3.66. The predicted molar refractivity (Wildman–Crippen MR) is 128 cm³/mol. The molecule has 1 aliphatic heterocycles. The number of benzene rings is 1. The number of rotatable bonds is 8. The van der Waals surface area contributed by atoms with Crippen LogP contribution in [-0.2, 0) is 34.5 Å². The van der Waals surface area contributed by atoms with Crippen molar-refractivity contribution in [2.75, 3.05) is 13.1 Å². The van der Waals surface area contributed by atoms with Gasteiger partial charge in [-0.05, 0) is 50.3 Å². The van der Waals surface area contributed by atoms with Gasteiger partial charge < -0.3 is 9.32 Å². The molecular formula is C25H32N4O4S. The number of hydrogen-bond donors (Lipinski definition) is 0. The standard InChI is InChI=1S/C25H32N4O4S/c1-19-11-13-28(14-12-19)34(31,32)25-20(2)26-29(21(25)3)18-24(30)27(17-23-10-7-15-33-23)16-22-8-5-4-6-9-22/h4-10,15,19H,11-14,16-18H2,1-3H3. The van der Waals surface area contributed by atoms with E-state index in [4.69, 9.17) is 4.42 Å². The Morgan fingerprint density at radius 1 is 1.09 bits per heavy atom. The topological polar surface area (TPSA) is 88.6 Å². The van der Waals surface area contributed by atoms with Crippen LogP contribution in [0, 0.1) is 19.8 Å². The molecule has 1 aliphatic rings. The Bertz CT molecular complexity index is 1210. The van der Waals surface area contributed by atoms with Gasteiger partial charge in [-0.1, -0.05) is 37.3 Å². The SMILES string of the molecule is Cc1nn(CC(=O)N(Cc2ccccc2)Cc2ccco2)c(C)c1S(=O)(=O)N1CCC(C)CC1. The summed E-state index contributed by atoms with van der Waals surface area (Å²) in [5, 5.41) is 4.45. The van der Waals surface area contributed by atoms with E-state index in [-0.39, 0.29) is 17.3 Å². The second kappa shape index (κ2) is 10.1. The molecule has 182 valence electrons. The maximum Gasteiger partial charge on any atom is 0.246 e. The van der Waals surface area contributed by atoms with Crippen molar-refractivity contribution in [3.8, 4) is 0 Å². The van der Waals surface area contributed by atoms with Crippen LogP contribution in [0.1, 0.15) is 42.5 Å². The first-order valence-electron chi connectivity index (χ1n) is 11.6. The molecule has 9 heteroatoms. The zero-order chi connectivity index (χ0) is 24.3. The minimum Gasteiger partial charge on any atom is -0.467 e. The monoisotopic (exact) mass is 484 g/mol. The summed E-state index contributed by atoms with van der Waals surface area (Å²) in [5.41, 5.74) is 1.91. The summed E-state index contributed by atoms with van der Waals surface area (Å²) in [6, 6.07) is 13.4. The molecule has 0 radical (unpaired) electrons. The Kier molecular flexibility index (Phi) is 7.23. The highest BCUT2D eigenvalue weighted by atomic mass is 32.2. The van der Waals surface area contributed by atoms with E-state index in [1.54, 1.807) is 35.4 Å². The van der Waals surface area contributed by atoms with Gasteiger partial charge in [-0.15, -0.1) is 0 Å². The van der Waals surface area contributed by atoms with Gasteiger partial charge in [0, 0.05) is 19.6 Å². The molecule has 0 bridgehead atoms. The van der Waals surface area contributed by atoms with Crippen molar-refractivity contribution in [2.45, 2.75) is 58.1 Å². The van der Waals surface area contributed by atoms with E-state index in [0.717, 1.165) is 18.4 Å². The van der Waals surface area contributed by atoms with E-state index in [0.29, 0.717) is 49.2 Å². The van der Waals surface area contributed by atoms with Crippen LogP contribution in [0.2, 0.25) is 0 Å². The lowest BCUT2D eigenvalue weighted by Gasteiger charge is -2.29. The van der Waals surface area contributed by atoms with E-state index in [2.05, 4.69) is 12.0 Å². The lowest BCUT2D eigenvalue weighted by atomic mass is 10.0. The third-order valence-electron chi connectivity index (χ3n) is 6.44. The van der Waals surface area contributed by atoms with Crippen LogP contribution >= 0.6 is 0 Å². The molecule has 3 aromatic rings. The van der Waals surface area contributed by atoms with E-state index >= 15 is 0 Å². The van der Waals surface area contributed by atoms with Crippen molar-refractivity contribution in [3.63, 3.8) is 0 Å². The molecule has 1 aromatic carbocycles. The number of sulfonamides is 1. The zero-order valence-electron chi connectivity index (χ0n) is 20.0. The molecule has 2 aromatic heterocycles. The van der Waals surface area contributed by atoms with Gasteiger partial charge in [0.2, 0.25) is 15.9 Å². The summed E-state index contributed by atoms with van der Waals surface area (Å²) >= 11 is 0. The van der Waals surface area contributed by atoms with Crippen molar-refractivity contribution in [3.05, 3.63) is 71.4 Å². The number of aromatic nitrogens is 2. The van der Waals surface area contributed by atoms with Gasteiger partial charge in [0.05, 0.1) is 24.2 Å². The Balaban J connectivity index is 1.56. The van der Waals surface area contributed by atoms with Crippen LogP contribution < -0.4 is 0 Å². The minimum atomic E-state index is -3.66. The number of nitrogens with zero attached hydrogens (tertiary/aromatic N) is 4. The molecule has 0 unspecified atom stereocenters. The fourth-order valence-electron chi connectivity index (χ4n) is 4.42. The quantitative estimate of drug-likeness (QED) is 0.486. The van der Waals surface area contributed by atoms with E-state index in [1.165, 1.54) is 4.68 Å². The smallest absolute Gasteiger partial charge is 0.246 e. The molecule has 1 amide bonds. The number of aryl methyl sites for hydroxylation is 1. The van der Waals surface area contributed by atoms with Gasteiger partial charge in [-0.2, -0.15) is 9.40 Å². The Hall–Kier alpha value is -2.91. The lowest BCUT2D eigenvalue weighted by molar-refractivity contribution is -0.133. The van der Waals surface area contributed by atoms with Gasteiger partial charge >= 0.3 is 0 Å². The highest BCUT2D eigenvalue weighted by molar-refractivity contribution is 7.89. The summed E-state index contributed by atoms with van der Waals surface area (Å²) in [4.78, 5) is 15.3. The minimum absolute atomic E-state index is 0.0488. The number of hydrogen-bond acceptors (Lipinski definition) is 5. The Labute approximate surface area is 201 Å². The van der Waals surface area contributed by atoms with Crippen LogP contribution in [-0.4, -0.2) is 46.4 Å². The van der Waals surface area contributed by atoms with Crippen molar-refractivity contribution in [2.24, 2.45) is 5.92 Å². The largest absolute Gasteiger partial charge is 0.467 e. The molecule has 0 atom stereocenters. The molecular weight excluding hydrogens is 452 g/mol. The normalized spacial score (nSPS) is 15.5. The first kappa shape index (κ1) is 24.2. The maximum atomic E-state index is 13.4. The summed E-state index contributed by atoms with van der Waals surface area (Å²) in [5.74, 6) is 1.04. The fourth-order valence-corrected chi connectivity index (χ4v) is 6.26. The summed E-state index contributed by atoms with van der Waals surface area (Å²) in [6.45, 7) is 7.27. The molecule has 1 fully saturated rings. The van der Waals surface area contributed by atoms with Gasteiger partial charge in [0.25, 0.3) is 0 Å². The van der Waals surface area contributed by atoms with E-state index in [1.807, 2.05) is 36.4 Å². The van der Waals surface area contributed by atoms with Gasteiger partial charge in [0.15, 0.2) is 0 Å². The second-order valence-electron chi connectivity index (χ2n) is 9.06. The number of carbonyl (C=O) groups excluding carboxylic acids is 1. The van der Waals surface area contributed by atoms with Crippen molar-refractivity contribution >= 4 is 15.9 Å². The van der Waals surface area contributed by atoms with Gasteiger partial charge in [0.1, 0.15) is 17.2 Å². The van der Waals surface area contributed by atoms with Gasteiger partial charge in [-0.3, -0.25) is 9.48 Å². The third kappa shape index (κ3) is 5.26. The number of amides is 1. The first-order valence-corrected chi connectivity index (χ1v) is 13.1. The molecule has 8 nitrogen and oxygen atoms in total. The van der Waals surface area contributed by atoms with Crippen molar-refractivity contribution in [1.29, 1.82) is 0 Å². The third-order valence-corrected chi connectivity index (χ3v) is 8.59. The molecule has 4 rings (SSSR count). The molecule has 0 spiro atoms.